The number of aromatic nitrogens is 1. The molecule has 0 spiro atoms. The Morgan fingerprint density at radius 2 is 1.79 bits per heavy atom. The first-order valence-corrected chi connectivity index (χ1v) is 6.67. The molecule has 0 aliphatic rings. The summed E-state index contributed by atoms with van der Waals surface area (Å²) in [5, 5.41) is 0. The van der Waals surface area contributed by atoms with Gasteiger partial charge in [-0.15, -0.1) is 0 Å². The summed E-state index contributed by atoms with van der Waals surface area (Å²) in [4.78, 5) is 3.99. The van der Waals surface area contributed by atoms with Gasteiger partial charge in [0.1, 0.15) is 5.75 Å². The van der Waals surface area contributed by atoms with Crippen LogP contribution >= 0.6 is 0 Å². The Morgan fingerprint density at radius 3 is 2.42 bits per heavy atom. The molecule has 0 fully saturated rings. The number of benzene rings is 1. The standard InChI is InChI=1S/C16H20N2O/c1-2-16(17)14-3-5-15(6-4-14)19-12-9-13-7-10-18-11-8-13/h3-8,10-11,16H,2,9,12,17H2,1H3. The molecule has 3 heteroatoms. The Labute approximate surface area is 114 Å². The van der Waals surface area contributed by atoms with Crippen LogP contribution in [0.15, 0.2) is 48.8 Å². The molecule has 2 rings (SSSR count). The van der Waals surface area contributed by atoms with Crippen molar-refractivity contribution in [2.75, 3.05) is 6.61 Å². The molecule has 0 amide bonds. The molecule has 0 radical (unpaired) electrons. The van der Waals surface area contributed by atoms with Crippen LogP contribution < -0.4 is 10.5 Å². The summed E-state index contributed by atoms with van der Waals surface area (Å²) < 4.78 is 5.72. The van der Waals surface area contributed by atoms with Gasteiger partial charge in [0.05, 0.1) is 6.61 Å². The molecule has 0 aliphatic heterocycles. The van der Waals surface area contributed by atoms with Crippen molar-refractivity contribution in [1.82, 2.24) is 4.98 Å². The van der Waals surface area contributed by atoms with Crippen molar-refractivity contribution in [2.45, 2.75) is 25.8 Å². The third-order valence-electron chi connectivity index (χ3n) is 3.16. The second kappa shape index (κ2) is 6.90. The van der Waals surface area contributed by atoms with E-state index < -0.39 is 0 Å². The van der Waals surface area contributed by atoms with Crippen LogP contribution in [0.2, 0.25) is 0 Å². The Kier molecular flexibility index (Phi) is 4.93. The summed E-state index contributed by atoms with van der Waals surface area (Å²) in [5.41, 5.74) is 8.37. The average molecular weight is 256 g/mol. The second-order valence-corrected chi connectivity index (χ2v) is 4.54. The van der Waals surface area contributed by atoms with Gasteiger partial charge in [0.2, 0.25) is 0 Å². The predicted molar refractivity (Wildman–Crippen MR) is 77.1 cm³/mol. The molecular formula is C16H20N2O. The number of hydrogen-bond acceptors (Lipinski definition) is 3. The summed E-state index contributed by atoms with van der Waals surface area (Å²) in [6, 6.07) is 12.2. The minimum absolute atomic E-state index is 0.117. The van der Waals surface area contributed by atoms with Gasteiger partial charge in [0.25, 0.3) is 0 Å². The Balaban J connectivity index is 1.83. The van der Waals surface area contributed by atoms with Gasteiger partial charge in [-0.05, 0) is 41.8 Å². The van der Waals surface area contributed by atoms with E-state index in [0.29, 0.717) is 6.61 Å². The first-order chi connectivity index (χ1) is 9.29. The van der Waals surface area contributed by atoms with Crippen molar-refractivity contribution in [2.24, 2.45) is 5.73 Å². The van der Waals surface area contributed by atoms with Crippen molar-refractivity contribution < 1.29 is 4.74 Å². The summed E-state index contributed by atoms with van der Waals surface area (Å²) in [7, 11) is 0. The van der Waals surface area contributed by atoms with E-state index in [0.717, 1.165) is 24.2 Å². The van der Waals surface area contributed by atoms with Crippen LogP contribution in [-0.2, 0) is 6.42 Å². The Bertz CT molecular complexity index is 482. The molecule has 0 bridgehead atoms. The molecular weight excluding hydrogens is 236 g/mol. The van der Waals surface area contributed by atoms with E-state index in [1.54, 1.807) is 12.4 Å². The summed E-state index contributed by atoms with van der Waals surface area (Å²) >= 11 is 0. The maximum Gasteiger partial charge on any atom is 0.119 e. The largest absolute Gasteiger partial charge is 0.493 e. The van der Waals surface area contributed by atoms with Gasteiger partial charge in [0.15, 0.2) is 0 Å². The zero-order chi connectivity index (χ0) is 13.5. The van der Waals surface area contributed by atoms with Gasteiger partial charge in [0, 0.05) is 24.9 Å². The van der Waals surface area contributed by atoms with Crippen molar-refractivity contribution in [1.29, 1.82) is 0 Å². The van der Waals surface area contributed by atoms with Crippen LogP contribution in [0.25, 0.3) is 0 Å². The highest BCUT2D eigenvalue weighted by atomic mass is 16.5. The molecule has 2 N–H and O–H groups in total. The number of nitrogens with zero attached hydrogens (tertiary/aromatic N) is 1. The lowest BCUT2D eigenvalue weighted by atomic mass is 10.1. The third kappa shape index (κ3) is 4.07. The molecule has 1 unspecified atom stereocenters. The lowest BCUT2D eigenvalue weighted by molar-refractivity contribution is 0.322. The van der Waals surface area contributed by atoms with Crippen molar-refractivity contribution in [3.63, 3.8) is 0 Å². The maximum absolute atomic E-state index is 5.97. The van der Waals surface area contributed by atoms with E-state index in [1.807, 2.05) is 36.4 Å². The van der Waals surface area contributed by atoms with Gasteiger partial charge in [-0.1, -0.05) is 19.1 Å². The van der Waals surface area contributed by atoms with Crippen LogP contribution in [0.1, 0.15) is 30.5 Å². The zero-order valence-electron chi connectivity index (χ0n) is 11.3. The lowest BCUT2D eigenvalue weighted by Crippen LogP contribution is -2.08. The number of hydrogen-bond donors (Lipinski definition) is 1. The van der Waals surface area contributed by atoms with E-state index in [1.165, 1.54) is 5.56 Å². The highest BCUT2D eigenvalue weighted by Gasteiger charge is 2.03. The molecule has 19 heavy (non-hydrogen) atoms. The predicted octanol–water partition coefficient (Wildman–Crippen LogP) is 3.11. The molecule has 2 aromatic rings. The second-order valence-electron chi connectivity index (χ2n) is 4.54. The van der Waals surface area contributed by atoms with Gasteiger partial charge in [-0.25, -0.2) is 0 Å². The van der Waals surface area contributed by atoms with Crippen LogP contribution in [0.4, 0.5) is 0 Å². The van der Waals surface area contributed by atoms with Crippen LogP contribution in [0, 0.1) is 0 Å². The van der Waals surface area contributed by atoms with E-state index in [4.69, 9.17) is 10.5 Å². The molecule has 0 aliphatic carbocycles. The first kappa shape index (κ1) is 13.6. The van der Waals surface area contributed by atoms with Gasteiger partial charge >= 0.3 is 0 Å². The molecule has 0 saturated carbocycles. The number of rotatable bonds is 6. The molecule has 1 aromatic carbocycles. The third-order valence-corrected chi connectivity index (χ3v) is 3.16. The summed E-state index contributed by atoms with van der Waals surface area (Å²) in [6.45, 7) is 2.76. The van der Waals surface area contributed by atoms with E-state index >= 15 is 0 Å². The summed E-state index contributed by atoms with van der Waals surface area (Å²) in [5.74, 6) is 0.890. The molecule has 1 heterocycles. The van der Waals surface area contributed by atoms with Gasteiger partial charge in [-0.2, -0.15) is 0 Å². The smallest absolute Gasteiger partial charge is 0.119 e. The van der Waals surface area contributed by atoms with Crippen molar-refractivity contribution in [3.05, 3.63) is 59.9 Å². The summed E-state index contributed by atoms with van der Waals surface area (Å²) in [6.07, 6.45) is 5.44. The fraction of sp³-hybridized carbons (Fsp3) is 0.312. The molecule has 1 aromatic heterocycles. The minimum atomic E-state index is 0.117. The Morgan fingerprint density at radius 1 is 1.11 bits per heavy atom. The van der Waals surface area contributed by atoms with Crippen molar-refractivity contribution in [3.8, 4) is 5.75 Å². The normalized spacial score (nSPS) is 12.1. The highest BCUT2D eigenvalue weighted by Crippen LogP contribution is 2.18. The maximum atomic E-state index is 5.97. The topological polar surface area (TPSA) is 48.1 Å². The van der Waals surface area contributed by atoms with E-state index in [9.17, 15) is 0 Å². The van der Waals surface area contributed by atoms with Crippen LogP contribution in [-0.4, -0.2) is 11.6 Å². The average Bonchev–Trinajstić information content (AvgIpc) is 2.48. The number of pyridine rings is 1. The van der Waals surface area contributed by atoms with Crippen LogP contribution in [0.3, 0.4) is 0 Å². The monoisotopic (exact) mass is 256 g/mol. The van der Waals surface area contributed by atoms with Crippen LogP contribution in [0.5, 0.6) is 5.75 Å². The zero-order valence-corrected chi connectivity index (χ0v) is 11.3. The SMILES string of the molecule is CCC(N)c1ccc(OCCc2ccncc2)cc1. The number of nitrogens with two attached hydrogens (primary N) is 1. The number of ether oxygens (including phenoxy) is 1. The molecule has 100 valence electrons. The van der Waals surface area contributed by atoms with Gasteiger partial charge < -0.3 is 10.5 Å². The minimum Gasteiger partial charge on any atom is -0.493 e. The first-order valence-electron chi connectivity index (χ1n) is 6.67. The molecule has 0 saturated heterocycles. The fourth-order valence-electron chi connectivity index (χ4n) is 1.88. The van der Waals surface area contributed by atoms with E-state index in [2.05, 4.69) is 11.9 Å². The Hall–Kier alpha value is -1.87. The highest BCUT2D eigenvalue weighted by molar-refractivity contribution is 5.29. The van der Waals surface area contributed by atoms with Gasteiger partial charge in [-0.3, -0.25) is 4.98 Å². The molecule has 1 atom stereocenters. The molecule has 3 nitrogen and oxygen atoms in total. The van der Waals surface area contributed by atoms with E-state index in [-0.39, 0.29) is 6.04 Å². The van der Waals surface area contributed by atoms with Crippen molar-refractivity contribution >= 4 is 0 Å². The fourth-order valence-corrected chi connectivity index (χ4v) is 1.88. The lowest BCUT2D eigenvalue weighted by Gasteiger charge is -2.10. The quantitative estimate of drug-likeness (QED) is 0.864.